The summed E-state index contributed by atoms with van der Waals surface area (Å²) in [6.45, 7) is 4.03. The van der Waals surface area contributed by atoms with Crippen LogP contribution in [0.2, 0.25) is 0 Å². The van der Waals surface area contributed by atoms with E-state index < -0.39 is 11.9 Å². The van der Waals surface area contributed by atoms with Crippen molar-refractivity contribution in [3.05, 3.63) is 35.4 Å². The molecule has 1 amide bonds. The van der Waals surface area contributed by atoms with Crippen molar-refractivity contribution in [3.63, 3.8) is 0 Å². The van der Waals surface area contributed by atoms with Gasteiger partial charge in [0.2, 0.25) is 5.91 Å². The first kappa shape index (κ1) is 15.2. The number of hydrogen-bond donors (Lipinski definition) is 2. The third-order valence-corrected chi connectivity index (χ3v) is 3.11. The molecule has 19 heavy (non-hydrogen) atoms. The minimum atomic E-state index is -0.860. The smallest absolute Gasteiger partial charge is 0.308 e. The van der Waals surface area contributed by atoms with E-state index in [1.54, 1.807) is 6.92 Å². The third-order valence-electron chi connectivity index (χ3n) is 3.11. The van der Waals surface area contributed by atoms with E-state index in [4.69, 9.17) is 5.11 Å². The third kappa shape index (κ3) is 5.55. The first-order valence-electron chi connectivity index (χ1n) is 6.58. The number of rotatable bonds is 7. The topological polar surface area (TPSA) is 66.4 Å². The summed E-state index contributed by atoms with van der Waals surface area (Å²) in [5, 5.41) is 11.6. The van der Waals surface area contributed by atoms with Gasteiger partial charge in [-0.15, -0.1) is 0 Å². The van der Waals surface area contributed by atoms with Crippen molar-refractivity contribution in [2.75, 3.05) is 6.54 Å². The average Bonchev–Trinajstić information content (AvgIpc) is 2.37. The summed E-state index contributed by atoms with van der Waals surface area (Å²) in [5.41, 5.74) is 2.30. The lowest BCUT2D eigenvalue weighted by molar-refractivity contribution is -0.141. The second-order valence-electron chi connectivity index (χ2n) is 4.74. The van der Waals surface area contributed by atoms with Gasteiger partial charge in [0.1, 0.15) is 0 Å². The minimum Gasteiger partial charge on any atom is -0.481 e. The van der Waals surface area contributed by atoms with Crippen LogP contribution >= 0.6 is 0 Å². The molecule has 4 nitrogen and oxygen atoms in total. The van der Waals surface area contributed by atoms with Gasteiger partial charge in [0, 0.05) is 13.0 Å². The van der Waals surface area contributed by atoms with Gasteiger partial charge in [0.15, 0.2) is 0 Å². The highest BCUT2D eigenvalue weighted by Crippen LogP contribution is 2.07. The lowest BCUT2D eigenvalue weighted by atomic mass is 10.1. The van der Waals surface area contributed by atoms with Crippen molar-refractivity contribution in [1.29, 1.82) is 0 Å². The zero-order valence-corrected chi connectivity index (χ0v) is 11.5. The molecule has 0 bridgehead atoms. The normalized spacial score (nSPS) is 11.9. The van der Waals surface area contributed by atoms with Crippen molar-refractivity contribution in [3.8, 4) is 0 Å². The van der Waals surface area contributed by atoms with Crippen molar-refractivity contribution >= 4 is 11.9 Å². The molecule has 0 fully saturated rings. The van der Waals surface area contributed by atoms with Gasteiger partial charge in [-0.1, -0.05) is 36.8 Å². The molecule has 1 aromatic carbocycles. The van der Waals surface area contributed by atoms with E-state index in [2.05, 4.69) is 11.4 Å². The Hall–Kier alpha value is -1.84. The Kier molecular flexibility index (Phi) is 6.06. The number of hydrogen-bond acceptors (Lipinski definition) is 2. The van der Waals surface area contributed by atoms with Crippen molar-refractivity contribution in [2.24, 2.45) is 5.92 Å². The number of carboxylic acid groups (broad SMARTS) is 1. The summed E-state index contributed by atoms with van der Waals surface area (Å²) in [6, 6.07) is 8.04. The quantitative estimate of drug-likeness (QED) is 0.792. The van der Waals surface area contributed by atoms with E-state index in [1.807, 2.05) is 25.1 Å². The molecule has 0 heterocycles. The summed E-state index contributed by atoms with van der Waals surface area (Å²) < 4.78 is 0. The van der Waals surface area contributed by atoms with Gasteiger partial charge in [-0.25, -0.2) is 0 Å². The maximum absolute atomic E-state index is 11.6. The van der Waals surface area contributed by atoms with Crippen LogP contribution in [-0.2, 0) is 16.0 Å². The first-order valence-corrected chi connectivity index (χ1v) is 6.58. The molecule has 0 aliphatic rings. The molecule has 1 atom stereocenters. The van der Waals surface area contributed by atoms with Crippen LogP contribution < -0.4 is 5.32 Å². The number of carboxylic acids is 1. The van der Waals surface area contributed by atoms with E-state index in [9.17, 15) is 9.59 Å². The number of carbonyl (C=O) groups is 2. The van der Waals surface area contributed by atoms with Crippen LogP contribution in [-0.4, -0.2) is 23.5 Å². The molecule has 0 radical (unpaired) electrons. The summed E-state index contributed by atoms with van der Waals surface area (Å²) in [7, 11) is 0. The number of aryl methyl sites for hydroxylation is 2. The Morgan fingerprint density at radius 2 is 2.11 bits per heavy atom. The van der Waals surface area contributed by atoms with Crippen LogP contribution in [0.25, 0.3) is 0 Å². The standard InChI is InChI=1S/C15H21NO3/c1-3-13(15(18)19)10-16-14(17)8-7-12-6-4-5-11(2)9-12/h4-6,9,13H,3,7-8,10H2,1-2H3,(H,16,17)(H,18,19). The summed E-state index contributed by atoms with van der Waals surface area (Å²) in [4.78, 5) is 22.4. The predicted octanol–water partition coefficient (Wildman–Crippen LogP) is 2.15. The van der Waals surface area contributed by atoms with Gasteiger partial charge in [0.25, 0.3) is 0 Å². The Morgan fingerprint density at radius 3 is 2.68 bits per heavy atom. The predicted molar refractivity (Wildman–Crippen MR) is 73.9 cm³/mol. The van der Waals surface area contributed by atoms with Crippen LogP contribution in [0.3, 0.4) is 0 Å². The zero-order valence-electron chi connectivity index (χ0n) is 11.5. The molecule has 1 unspecified atom stereocenters. The minimum absolute atomic E-state index is 0.0961. The number of benzene rings is 1. The van der Waals surface area contributed by atoms with Crippen LogP contribution in [0.5, 0.6) is 0 Å². The van der Waals surface area contributed by atoms with Gasteiger partial charge in [-0.2, -0.15) is 0 Å². The highest BCUT2D eigenvalue weighted by Gasteiger charge is 2.15. The van der Waals surface area contributed by atoms with E-state index >= 15 is 0 Å². The molecule has 4 heteroatoms. The number of nitrogens with one attached hydrogen (secondary N) is 1. The molecule has 0 aliphatic heterocycles. The van der Waals surface area contributed by atoms with Gasteiger partial charge >= 0.3 is 5.97 Å². The lowest BCUT2D eigenvalue weighted by Crippen LogP contribution is -2.32. The molecule has 2 N–H and O–H groups in total. The summed E-state index contributed by atoms with van der Waals surface area (Å²) >= 11 is 0. The van der Waals surface area contributed by atoms with Crippen LogP contribution in [0.1, 0.15) is 30.9 Å². The monoisotopic (exact) mass is 263 g/mol. The van der Waals surface area contributed by atoms with Crippen LogP contribution in [0, 0.1) is 12.8 Å². The van der Waals surface area contributed by atoms with Crippen LogP contribution in [0.4, 0.5) is 0 Å². The average molecular weight is 263 g/mol. The molecule has 0 aromatic heterocycles. The van der Waals surface area contributed by atoms with Crippen molar-refractivity contribution in [1.82, 2.24) is 5.32 Å². The Balaban J connectivity index is 2.34. The molecule has 0 saturated heterocycles. The van der Waals surface area contributed by atoms with E-state index in [0.717, 1.165) is 5.56 Å². The van der Waals surface area contributed by atoms with Crippen molar-refractivity contribution < 1.29 is 14.7 Å². The number of aliphatic carboxylic acids is 1. The fourth-order valence-corrected chi connectivity index (χ4v) is 1.86. The Bertz CT molecular complexity index is 443. The molecular weight excluding hydrogens is 242 g/mol. The van der Waals surface area contributed by atoms with E-state index in [1.165, 1.54) is 5.56 Å². The first-order chi connectivity index (χ1) is 9.02. The Morgan fingerprint density at radius 1 is 1.37 bits per heavy atom. The summed E-state index contributed by atoms with van der Waals surface area (Å²) in [5.74, 6) is -1.45. The van der Waals surface area contributed by atoms with Crippen LogP contribution in [0.15, 0.2) is 24.3 Å². The molecule has 0 spiro atoms. The van der Waals surface area contributed by atoms with Crippen molar-refractivity contribution in [2.45, 2.75) is 33.1 Å². The summed E-state index contributed by atoms with van der Waals surface area (Å²) in [6.07, 6.45) is 1.59. The fraction of sp³-hybridized carbons (Fsp3) is 0.467. The number of carbonyl (C=O) groups excluding carboxylic acids is 1. The van der Waals surface area contributed by atoms with E-state index in [-0.39, 0.29) is 12.5 Å². The maximum atomic E-state index is 11.6. The number of amides is 1. The van der Waals surface area contributed by atoms with E-state index in [0.29, 0.717) is 19.3 Å². The van der Waals surface area contributed by atoms with Gasteiger partial charge in [-0.3, -0.25) is 9.59 Å². The second kappa shape index (κ2) is 7.56. The molecule has 0 aliphatic carbocycles. The van der Waals surface area contributed by atoms with Gasteiger partial charge in [-0.05, 0) is 25.3 Å². The van der Waals surface area contributed by atoms with Gasteiger partial charge in [0.05, 0.1) is 5.92 Å². The SMILES string of the molecule is CCC(CNC(=O)CCc1cccc(C)c1)C(=O)O. The molecule has 0 saturated carbocycles. The molecular formula is C15H21NO3. The molecule has 1 rings (SSSR count). The molecule has 1 aromatic rings. The Labute approximate surface area is 113 Å². The highest BCUT2D eigenvalue weighted by atomic mass is 16.4. The largest absolute Gasteiger partial charge is 0.481 e. The second-order valence-corrected chi connectivity index (χ2v) is 4.74. The highest BCUT2D eigenvalue weighted by molar-refractivity contribution is 5.77. The molecule has 104 valence electrons. The van der Waals surface area contributed by atoms with Gasteiger partial charge < -0.3 is 10.4 Å². The maximum Gasteiger partial charge on any atom is 0.308 e. The zero-order chi connectivity index (χ0) is 14.3. The fourth-order valence-electron chi connectivity index (χ4n) is 1.86. The lowest BCUT2D eigenvalue weighted by Gasteiger charge is -2.11.